The highest BCUT2D eigenvalue weighted by molar-refractivity contribution is 7.12. The van der Waals surface area contributed by atoms with Crippen molar-refractivity contribution in [1.29, 1.82) is 10.5 Å². The van der Waals surface area contributed by atoms with Crippen molar-refractivity contribution in [1.82, 2.24) is 5.43 Å². The molecule has 1 heterocycles. The lowest BCUT2D eigenvalue weighted by Crippen LogP contribution is -2.27. The second-order valence-electron chi connectivity index (χ2n) is 6.37. The monoisotopic (exact) mass is 379 g/mol. The van der Waals surface area contributed by atoms with Crippen molar-refractivity contribution in [3.05, 3.63) is 56.8 Å². The lowest BCUT2D eigenvalue weighted by Gasteiger charge is -2.23. The average Bonchev–Trinajstić information content (AvgIpc) is 3.12. The zero-order valence-electron chi connectivity index (χ0n) is 15.5. The van der Waals surface area contributed by atoms with Gasteiger partial charge in [-0.3, -0.25) is 0 Å². The molecule has 2 rings (SSSR count). The van der Waals surface area contributed by atoms with Crippen LogP contribution in [-0.2, 0) is 0 Å². The van der Waals surface area contributed by atoms with Gasteiger partial charge in [0, 0.05) is 12.3 Å². The molecule has 0 radical (unpaired) electrons. The molecule has 0 bridgehead atoms. The number of nitriles is 2. The Bertz CT molecular complexity index is 897. The number of urea groups is 1. The Kier molecular flexibility index (Phi) is 6.70. The molecule has 0 saturated heterocycles. The third-order valence-corrected chi connectivity index (χ3v) is 5.23. The van der Waals surface area contributed by atoms with Gasteiger partial charge < -0.3 is 5.73 Å². The maximum absolute atomic E-state index is 11.1. The average molecular weight is 379 g/mol. The van der Waals surface area contributed by atoms with Gasteiger partial charge in [0.2, 0.25) is 0 Å². The summed E-state index contributed by atoms with van der Waals surface area (Å²) in [5.74, 6) is -1.22. The summed E-state index contributed by atoms with van der Waals surface area (Å²) in [6.45, 7) is 5.98. The van der Waals surface area contributed by atoms with E-state index < -0.39 is 11.9 Å². The summed E-state index contributed by atoms with van der Waals surface area (Å²) in [6.07, 6.45) is 0.331. The number of benzene rings is 1. The molecule has 0 unspecified atom stereocenters. The molecule has 0 aliphatic rings. The summed E-state index contributed by atoms with van der Waals surface area (Å²) < 4.78 is 0. The number of amides is 2. The molecule has 0 fully saturated rings. The summed E-state index contributed by atoms with van der Waals surface area (Å²) >= 11 is 1.47. The molecule has 138 valence electrons. The van der Waals surface area contributed by atoms with Gasteiger partial charge in [-0.25, -0.2) is 10.2 Å². The zero-order chi connectivity index (χ0) is 20.0. The van der Waals surface area contributed by atoms with Crippen molar-refractivity contribution < 1.29 is 4.79 Å². The first-order valence-corrected chi connectivity index (χ1v) is 9.28. The number of rotatable bonds is 6. The van der Waals surface area contributed by atoms with Crippen molar-refractivity contribution >= 4 is 23.1 Å². The first-order valence-electron chi connectivity index (χ1n) is 8.40. The largest absolute Gasteiger partial charge is 0.350 e. The zero-order valence-corrected chi connectivity index (χ0v) is 16.3. The normalized spacial score (nSPS) is 12.3. The van der Waals surface area contributed by atoms with Crippen LogP contribution in [0, 0.1) is 49.4 Å². The van der Waals surface area contributed by atoms with Gasteiger partial charge in [-0.05, 0) is 48.9 Å². The van der Waals surface area contributed by atoms with Crippen LogP contribution in [0.2, 0.25) is 0 Å². The van der Waals surface area contributed by atoms with E-state index in [4.69, 9.17) is 5.73 Å². The Morgan fingerprint density at radius 3 is 2.37 bits per heavy atom. The number of carbonyl (C=O) groups is 1. The van der Waals surface area contributed by atoms with Gasteiger partial charge in [0.05, 0.1) is 22.7 Å². The minimum Gasteiger partial charge on any atom is -0.350 e. The highest BCUT2D eigenvalue weighted by atomic mass is 32.1. The van der Waals surface area contributed by atoms with E-state index in [2.05, 4.69) is 22.7 Å². The number of hydrogen-bond donors (Lipinski definition) is 2. The van der Waals surface area contributed by atoms with Crippen LogP contribution in [0.3, 0.4) is 0 Å². The van der Waals surface area contributed by atoms with Crippen molar-refractivity contribution in [2.45, 2.75) is 33.1 Å². The third-order valence-electron chi connectivity index (χ3n) is 4.31. The highest BCUT2D eigenvalue weighted by Crippen LogP contribution is 2.35. The minimum absolute atomic E-state index is 0.331. The summed E-state index contributed by atoms with van der Waals surface area (Å²) in [4.78, 5) is 12.0. The quantitative estimate of drug-likeness (QED) is 0.586. The van der Waals surface area contributed by atoms with E-state index in [9.17, 15) is 15.3 Å². The number of nitrogens with two attached hydrogens (primary N) is 1. The molecule has 7 heteroatoms. The maximum Gasteiger partial charge on any atom is 0.332 e. The van der Waals surface area contributed by atoms with Gasteiger partial charge in [-0.2, -0.15) is 15.6 Å². The topological polar surface area (TPSA) is 115 Å². The third kappa shape index (κ3) is 4.93. The molecular formula is C20H21N5OS. The van der Waals surface area contributed by atoms with Crippen molar-refractivity contribution in [3.8, 4) is 12.1 Å². The van der Waals surface area contributed by atoms with Gasteiger partial charge in [0.25, 0.3) is 0 Å². The Hall–Kier alpha value is -3.16. The fourth-order valence-corrected chi connectivity index (χ4v) is 4.07. The Labute approximate surface area is 162 Å². The lowest BCUT2D eigenvalue weighted by molar-refractivity contribution is 0.249. The van der Waals surface area contributed by atoms with Crippen LogP contribution in [0.25, 0.3) is 0 Å². The molecule has 1 aromatic heterocycles. The molecule has 1 aromatic carbocycles. The maximum atomic E-state index is 11.1. The van der Waals surface area contributed by atoms with Crippen LogP contribution in [0.15, 0.2) is 34.7 Å². The molecule has 0 aliphatic heterocycles. The van der Waals surface area contributed by atoms with Gasteiger partial charge in [-0.1, -0.05) is 23.8 Å². The van der Waals surface area contributed by atoms with E-state index in [1.807, 2.05) is 50.4 Å². The predicted octanol–water partition coefficient (Wildman–Crippen LogP) is 3.88. The Morgan fingerprint density at radius 1 is 1.26 bits per heavy atom. The van der Waals surface area contributed by atoms with Gasteiger partial charge >= 0.3 is 6.03 Å². The van der Waals surface area contributed by atoms with Gasteiger partial charge in [0.15, 0.2) is 0 Å². The molecular weight excluding hydrogens is 358 g/mol. The van der Waals surface area contributed by atoms with Crippen molar-refractivity contribution in [3.63, 3.8) is 0 Å². The first kappa shape index (κ1) is 20.2. The minimum atomic E-state index is -0.844. The molecule has 2 amide bonds. The van der Waals surface area contributed by atoms with E-state index in [1.54, 1.807) is 0 Å². The predicted molar refractivity (Wildman–Crippen MR) is 106 cm³/mol. The molecule has 0 saturated carbocycles. The number of carbonyl (C=O) groups excluding carboxylic acids is 1. The summed E-state index contributed by atoms with van der Waals surface area (Å²) in [7, 11) is 0. The van der Waals surface area contributed by atoms with Crippen LogP contribution >= 0.6 is 11.3 Å². The molecule has 3 N–H and O–H groups in total. The SMILES string of the molecule is Cc1cc(C)c([C@H](C/C(=N\NC(N)=O)c2cccs2)C(C#N)C#N)c(C)c1. The smallest absolute Gasteiger partial charge is 0.332 e. The number of nitrogens with one attached hydrogen (secondary N) is 1. The Balaban J connectivity index is 2.55. The first-order chi connectivity index (χ1) is 12.9. The lowest BCUT2D eigenvalue weighted by atomic mass is 9.79. The summed E-state index contributed by atoms with van der Waals surface area (Å²) in [6, 6.07) is 11.3. The van der Waals surface area contributed by atoms with Gasteiger partial charge in [-0.15, -0.1) is 11.3 Å². The number of primary amides is 1. The molecule has 2 aromatic rings. The van der Waals surface area contributed by atoms with Crippen LogP contribution in [0.1, 0.15) is 39.5 Å². The highest BCUT2D eigenvalue weighted by Gasteiger charge is 2.28. The Morgan fingerprint density at radius 2 is 1.89 bits per heavy atom. The van der Waals surface area contributed by atoms with E-state index in [0.29, 0.717) is 12.1 Å². The van der Waals surface area contributed by atoms with Crippen LogP contribution < -0.4 is 11.2 Å². The van der Waals surface area contributed by atoms with E-state index >= 15 is 0 Å². The number of hydrogen-bond acceptors (Lipinski definition) is 5. The van der Waals surface area contributed by atoms with Crippen molar-refractivity contribution in [2.75, 3.05) is 0 Å². The summed E-state index contributed by atoms with van der Waals surface area (Å²) in [5, 5.41) is 25.2. The fourth-order valence-electron chi connectivity index (χ4n) is 3.35. The standard InChI is InChI=1S/C20H21N5OS/c1-12-7-13(2)19(14(3)8-12)16(15(10-21)11-22)9-17(24-25-20(23)26)18-5-4-6-27-18/h4-8,15-16H,9H2,1-3H3,(H3,23,25,26)/b24-17+/t16-/m1/s1. The molecule has 0 aliphatic carbocycles. The van der Waals surface area contributed by atoms with Gasteiger partial charge in [0.1, 0.15) is 5.92 Å². The molecule has 6 nitrogen and oxygen atoms in total. The second-order valence-corrected chi connectivity index (χ2v) is 7.32. The van der Waals surface area contributed by atoms with Crippen LogP contribution in [-0.4, -0.2) is 11.7 Å². The fraction of sp³-hybridized carbons (Fsp3) is 0.300. The number of hydrazone groups is 1. The van der Waals surface area contributed by atoms with Crippen molar-refractivity contribution in [2.24, 2.45) is 16.8 Å². The molecule has 27 heavy (non-hydrogen) atoms. The van der Waals surface area contributed by atoms with E-state index in [1.165, 1.54) is 11.3 Å². The second kappa shape index (κ2) is 8.98. The molecule has 0 spiro atoms. The van der Waals surface area contributed by atoms with Crippen LogP contribution in [0.5, 0.6) is 0 Å². The number of thiophene rings is 1. The summed E-state index contributed by atoms with van der Waals surface area (Å²) in [5.41, 5.74) is 12.2. The van der Waals surface area contributed by atoms with E-state index in [-0.39, 0.29) is 5.92 Å². The van der Waals surface area contributed by atoms with E-state index in [0.717, 1.165) is 27.1 Å². The number of nitrogens with zero attached hydrogens (tertiary/aromatic N) is 3. The molecule has 1 atom stereocenters. The number of aryl methyl sites for hydroxylation is 3. The van der Waals surface area contributed by atoms with Crippen LogP contribution in [0.4, 0.5) is 4.79 Å².